The number of carbonyl (C=O) groups is 2. The number of benzene rings is 1. The first kappa shape index (κ1) is 14.8. The molecule has 0 saturated heterocycles. The predicted octanol–water partition coefficient (Wildman–Crippen LogP) is 3.63. The molecule has 0 N–H and O–H groups in total. The number of hydrogen-bond donors (Lipinski definition) is 0. The highest BCUT2D eigenvalue weighted by Crippen LogP contribution is 2.50. The summed E-state index contributed by atoms with van der Waals surface area (Å²) in [6.07, 6.45) is 3.42. The van der Waals surface area contributed by atoms with Gasteiger partial charge in [0.05, 0.1) is 6.61 Å². The zero-order valence-corrected chi connectivity index (χ0v) is 12.2. The first-order valence-electron chi connectivity index (χ1n) is 7.41. The number of rotatable bonds is 6. The van der Waals surface area contributed by atoms with E-state index >= 15 is 0 Å². The summed E-state index contributed by atoms with van der Waals surface area (Å²) >= 11 is 0. The molecule has 0 atom stereocenters. The molecule has 0 unspecified atom stereocenters. The molecule has 1 aromatic carbocycles. The lowest BCUT2D eigenvalue weighted by atomic mass is 9.57. The molecule has 3 nitrogen and oxygen atoms in total. The van der Waals surface area contributed by atoms with Gasteiger partial charge in [-0.15, -0.1) is 0 Å². The second-order valence-corrected chi connectivity index (χ2v) is 5.56. The first-order valence-corrected chi connectivity index (χ1v) is 7.41. The lowest BCUT2D eigenvalue weighted by Crippen LogP contribution is -2.50. The van der Waals surface area contributed by atoms with Gasteiger partial charge >= 0.3 is 5.97 Å². The first-order chi connectivity index (χ1) is 9.64. The van der Waals surface area contributed by atoms with Crippen LogP contribution in [0.25, 0.3) is 0 Å². The Morgan fingerprint density at radius 3 is 2.40 bits per heavy atom. The molecule has 3 heteroatoms. The van der Waals surface area contributed by atoms with E-state index in [4.69, 9.17) is 4.74 Å². The van der Waals surface area contributed by atoms with Crippen LogP contribution in [0.4, 0.5) is 0 Å². The summed E-state index contributed by atoms with van der Waals surface area (Å²) in [5.74, 6) is 0.0437. The average Bonchev–Trinajstić information content (AvgIpc) is 2.43. The normalized spacial score (nSPS) is 24.8. The molecule has 0 amide bonds. The van der Waals surface area contributed by atoms with Gasteiger partial charge in [-0.3, -0.25) is 9.59 Å². The summed E-state index contributed by atoms with van der Waals surface area (Å²) in [5.41, 5.74) is -0.326. The van der Waals surface area contributed by atoms with Crippen LogP contribution in [-0.4, -0.2) is 18.4 Å². The summed E-state index contributed by atoms with van der Waals surface area (Å²) in [6, 6.07) is 9.07. The van der Waals surface area contributed by atoms with Crippen LogP contribution in [0, 0.1) is 11.3 Å². The minimum absolute atomic E-state index is 0.0797. The molecule has 108 valence electrons. The molecule has 1 fully saturated rings. The Kier molecular flexibility index (Phi) is 4.58. The van der Waals surface area contributed by atoms with Gasteiger partial charge in [0.25, 0.3) is 0 Å². The molecular formula is C17H22O3. The van der Waals surface area contributed by atoms with Crippen molar-refractivity contribution in [3.8, 4) is 0 Å². The summed E-state index contributed by atoms with van der Waals surface area (Å²) in [5, 5.41) is 0. The largest absolute Gasteiger partial charge is 0.465 e. The SMILES string of the molecule is CCCC1CC(C(=O)OCC)(C(=O)c2ccccc2)C1. The van der Waals surface area contributed by atoms with E-state index in [0.717, 1.165) is 12.8 Å². The molecule has 0 spiro atoms. The van der Waals surface area contributed by atoms with Crippen molar-refractivity contribution in [3.63, 3.8) is 0 Å². The van der Waals surface area contributed by atoms with Crippen molar-refractivity contribution in [2.45, 2.75) is 39.5 Å². The third-order valence-corrected chi connectivity index (χ3v) is 4.11. The number of ketones is 1. The average molecular weight is 274 g/mol. The van der Waals surface area contributed by atoms with Crippen molar-refractivity contribution in [2.75, 3.05) is 6.61 Å². The van der Waals surface area contributed by atoms with Crippen molar-refractivity contribution in [1.82, 2.24) is 0 Å². The van der Waals surface area contributed by atoms with E-state index < -0.39 is 5.41 Å². The second-order valence-electron chi connectivity index (χ2n) is 5.56. The number of ether oxygens (including phenoxy) is 1. The Morgan fingerprint density at radius 2 is 1.85 bits per heavy atom. The molecule has 0 aromatic heterocycles. The predicted molar refractivity (Wildman–Crippen MR) is 77.5 cm³/mol. The minimum atomic E-state index is -0.933. The second kappa shape index (κ2) is 6.21. The van der Waals surface area contributed by atoms with E-state index in [0.29, 0.717) is 30.9 Å². The van der Waals surface area contributed by atoms with E-state index in [-0.39, 0.29) is 11.8 Å². The molecule has 1 aliphatic rings. The highest BCUT2D eigenvalue weighted by molar-refractivity contribution is 6.13. The molecule has 0 bridgehead atoms. The Morgan fingerprint density at radius 1 is 1.20 bits per heavy atom. The zero-order valence-electron chi connectivity index (χ0n) is 12.2. The maximum Gasteiger partial charge on any atom is 0.320 e. The van der Waals surface area contributed by atoms with Gasteiger partial charge in [-0.05, 0) is 25.7 Å². The molecule has 1 aliphatic carbocycles. The molecule has 0 heterocycles. The lowest BCUT2D eigenvalue weighted by molar-refractivity contribution is -0.159. The van der Waals surface area contributed by atoms with Crippen molar-refractivity contribution in [2.24, 2.45) is 11.3 Å². The monoisotopic (exact) mass is 274 g/mol. The van der Waals surface area contributed by atoms with E-state index in [9.17, 15) is 9.59 Å². The Labute approximate surface area is 120 Å². The van der Waals surface area contributed by atoms with Gasteiger partial charge in [-0.25, -0.2) is 0 Å². The van der Waals surface area contributed by atoms with Crippen molar-refractivity contribution in [1.29, 1.82) is 0 Å². The number of carbonyl (C=O) groups excluding carboxylic acids is 2. The Balaban J connectivity index is 2.20. The van der Waals surface area contributed by atoms with Crippen LogP contribution in [0.15, 0.2) is 30.3 Å². The quantitative estimate of drug-likeness (QED) is 0.452. The summed E-state index contributed by atoms with van der Waals surface area (Å²) < 4.78 is 5.16. The van der Waals surface area contributed by atoms with Gasteiger partial charge in [0.2, 0.25) is 0 Å². The maximum absolute atomic E-state index is 12.7. The van der Waals surface area contributed by atoms with E-state index in [1.807, 2.05) is 18.2 Å². The molecule has 1 aromatic rings. The van der Waals surface area contributed by atoms with Crippen LogP contribution in [0.3, 0.4) is 0 Å². The molecular weight excluding hydrogens is 252 g/mol. The zero-order chi connectivity index (χ0) is 14.6. The highest BCUT2D eigenvalue weighted by Gasteiger charge is 2.56. The molecule has 0 radical (unpaired) electrons. The van der Waals surface area contributed by atoms with Gasteiger partial charge in [-0.1, -0.05) is 50.1 Å². The molecule has 20 heavy (non-hydrogen) atoms. The van der Waals surface area contributed by atoms with Crippen molar-refractivity contribution in [3.05, 3.63) is 35.9 Å². The Bertz CT molecular complexity index is 472. The number of hydrogen-bond acceptors (Lipinski definition) is 3. The number of esters is 1. The van der Waals surface area contributed by atoms with E-state index in [1.54, 1.807) is 19.1 Å². The van der Waals surface area contributed by atoms with Crippen LogP contribution in [0.5, 0.6) is 0 Å². The van der Waals surface area contributed by atoms with Crippen LogP contribution in [0.1, 0.15) is 49.9 Å². The van der Waals surface area contributed by atoms with Crippen LogP contribution in [0.2, 0.25) is 0 Å². The smallest absolute Gasteiger partial charge is 0.320 e. The Hall–Kier alpha value is -1.64. The van der Waals surface area contributed by atoms with Gasteiger partial charge in [0, 0.05) is 5.56 Å². The summed E-state index contributed by atoms with van der Waals surface area (Å²) in [6.45, 7) is 4.23. The molecule has 0 aliphatic heterocycles. The van der Waals surface area contributed by atoms with E-state index in [2.05, 4.69) is 6.92 Å². The van der Waals surface area contributed by atoms with Crippen LogP contribution in [-0.2, 0) is 9.53 Å². The highest BCUT2D eigenvalue weighted by atomic mass is 16.5. The number of Topliss-reactive ketones (excluding diaryl/α,β-unsaturated/α-hetero) is 1. The molecule has 2 rings (SSSR count). The fraction of sp³-hybridized carbons (Fsp3) is 0.529. The van der Waals surface area contributed by atoms with Gasteiger partial charge in [-0.2, -0.15) is 0 Å². The standard InChI is InChI=1S/C17H22O3/c1-3-8-13-11-17(12-13,16(19)20-4-2)15(18)14-9-6-5-7-10-14/h5-7,9-10,13H,3-4,8,11-12H2,1-2H3. The van der Waals surface area contributed by atoms with Gasteiger partial charge in [0.15, 0.2) is 5.78 Å². The fourth-order valence-electron chi connectivity index (χ4n) is 3.12. The van der Waals surface area contributed by atoms with Gasteiger partial charge < -0.3 is 4.74 Å². The topological polar surface area (TPSA) is 43.4 Å². The summed E-state index contributed by atoms with van der Waals surface area (Å²) in [7, 11) is 0. The minimum Gasteiger partial charge on any atom is -0.465 e. The lowest BCUT2D eigenvalue weighted by Gasteiger charge is -2.44. The van der Waals surface area contributed by atoms with Crippen molar-refractivity contribution >= 4 is 11.8 Å². The molecule has 1 saturated carbocycles. The third-order valence-electron chi connectivity index (χ3n) is 4.11. The van der Waals surface area contributed by atoms with Crippen LogP contribution < -0.4 is 0 Å². The third kappa shape index (κ3) is 2.62. The fourth-order valence-corrected chi connectivity index (χ4v) is 3.12. The van der Waals surface area contributed by atoms with Crippen LogP contribution >= 0.6 is 0 Å². The van der Waals surface area contributed by atoms with E-state index in [1.165, 1.54) is 0 Å². The van der Waals surface area contributed by atoms with Gasteiger partial charge in [0.1, 0.15) is 5.41 Å². The maximum atomic E-state index is 12.7. The van der Waals surface area contributed by atoms with Crippen molar-refractivity contribution < 1.29 is 14.3 Å². The summed E-state index contributed by atoms with van der Waals surface area (Å²) in [4.78, 5) is 25.0.